The minimum Gasteiger partial charge on any atom is -0.383 e. The molecule has 1 saturated carbocycles. The Morgan fingerprint density at radius 2 is 1.64 bits per heavy atom. The minimum absolute atomic E-state index is 0.412. The van der Waals surface area contributed by atoms with Crippen LogP contribution >= 0.6 is 11.6 Å². The lowest BCUT2D eigenvalue weighted by Crippen LogP contribution is -2.49. The average Bonchev–Trinajstić information content (AvgIpc) is 3.53. The predicted octanol–water partition coefficient (Wildman–Crippen LogP) is 6.00. The summed E-state index contributed by atoms with van der Waals surface area (Å²) in [4.78, 5) is 19.0. The number of likely N-dealkylation sites (N-methyl/N-ethyl adjacent to an activating group) is 1. The maximum Gasteiger partial charge on any atom is 0.208 e. The Bertz CT molecular complexity index is 1740. The van der Waals surface area contributed by atoms with Gasteiger partial charge in [-0.25, -0.2) is 15.0 Å². The number of nitrogens with one attached hydrogen (secondary N) is 1. The van der Waals surface area contributed by atoms with Crippen molar-refractivity contribution in [1.29, 1.82) is 0 Å². The first-order chi connectivity index (χ1) is 20.4. The summed E-state index contributed by atoms with van der Waals surface area (Å²) in [5, 5.41) is 5.14. The van der Waals surface area contributed by atoms with Crippen molar-refractivity contribution in [2.45, 2.75) is 44.7 Å². The van der Waals surface area contributed by atoms with Crippen LogP contribution in [0, 0.1) is 6.92 Å². The Balaban J connectivity index is 1.13. The van der Waals surface area contributed by atoms with E-state index >= 15 is 0 Å². The maximum atomic E-state index is 6.47. The van der Waals surface area contributed by atoms with Crippen LogP contribution in [0.25, 0.3) is 33.2 Å². The van der Waals surface area contributed by atoms with Crippen molar-refractivity contribution in [1.82, 2.24) is 33.9 Å². The number of imidazole rings is 1. The third-order valence-electron chi connectivity index (χ3n) is 9.37. The van der Waals surface area contributed by atoms with E-state index in [-0.39, 0.29) is 0 Å². The third-order valence-corrected chi connectivity index (χ3v) is 9.77. The molecule has 3 aromatic heterocycles. The molecule has 0 atom stereocenters. The molecular weight excluding hydrogens is 546 g/mol. The summed E-state index contributed by atoms with van der Waals surface area (Å²) in [7, 11) is 4.22. The van der Waals surface area contributed by atoms with E-state index in [1.807, 2.05) is 30.7 Å². The number of halogens is 1. The Labute approximate surface area is 251 Å². The molecule has 0 spiro atoms. The van der Waals surface area contributed by atoms with E-state index < -0.39 is 0 Å². The van der Waals surface area contributed by atoms with Crippen molar-refractivity contribution in [3.05, 3.63) is 59.5 Å². The van der Waals surface area contributed by atoms with Crippen LogP contribution in [0.2, 0.25) is 5.02 Å². The molecule has 7 rings (SSSR count). The van der Waals surface area contributed by atoms with Crippen LogP contribution in [-0.4, -0.2) is 73.2 Å². The monoisotopic (exact) mass is 583 g/mol. The number of fused-ring (bicyclic) bond motifs is 2. The standard InChI is InChI=1S/C32H38ClN9/c1-20-16-27-28(17-26(20)33)40(3)32(38-27)37-22-6-4-21(5-7-22)25-18-42(31-29(25)30(34)35-19-36-31)24-10-8-23(9-11-24)41-14-12-39(2)13-15-41/h4-7,16-19,23-24H,8-15H2,1-3H3,(H,37,38)(H2,34,35,36). The van der Waals surface area contributed by atoms with Gasteiger partial charge in [-0.3, -0.25) is 4.90 Å². The molecule has 1 aliphatic heterocycles. The number of piperazine rings is 1. The predicted molar refractivity (Wildman–Crippen MR) is 171 cm³/mol. The molecule has 0 bridgehead atoms. The summed E-state index contributed by atoms with van der Waals surface area (Å²) in [5.74, 6) is 1.29. The summed E-state index contributed by atoms with van der Waals surface area (Å²) in [6, 6.07) is 13.5. The zero-order valence-corrected chi connectivity index (χ0v) is 25.3. The second kappa shape index (κ2) is 10.9. The first kappa shape index (κ1) is 27.2. The molecule has 0 radical (unpaired) electrons. The van der Waals surface area contributed by atoms with Crippen LogP contribution in [0.1, 0.15) is 37.3 Å². The van der Waals surface area contributed by atoms with Crippen LogP contribution in [-0.2, 0) is 7.05 Å². The van der Waals surface area contributed by atoms with Crippen LogP contribution < -0.4 is 11.1 Å². The van der Waals surface area contributed by atoms with Crippen LogP contribution in [0.15, 0.2) is 48.9 Å². The second-order valence-corrected chi connectivity index (χ2v) is 12.4. The topological polar surface area (TPSA) is 93.1 Å². The smallest absolute Gasteiger partial charge is 0.208 e. The molecule has 0 unspecified atom stereocenters. The highest BCUT2D eigenvalue weighted by Gasteiger charge is 2.30. The van der Waals surface area contributed by atoms with Crippen LogP contribution in [0.5, 0.6) is 0 Å². The number of hydrogen-bond donors (Lipinski definition) is 2. The first-order valence-electron chi connectivity index (χ1n) is 14.9. The zero-order chi connectivity index (χ0) is 29.0. The second-order valence-electron chi connectivity index (χ2n) is 12.0. The Kier molecular flexibility index (Phi) is 7.04. The molecule has 9 nitrogen and oxygen atoms in total. The van der Waals surface area contributed by atoms with Gasteiger partial charge in [0.25, 0.3) is 0 Å². The van der Waals surface area contributed by atoms with Crippen molar-refractivity contribution in [2.75, 3.05) is 44.3 Å². The highest BCUT2D eigenvalue weighted by atomic mass is 35.5. The summed E-state index contributed by atoms with van der Waals surface area (Å²) < 4.78 is 4.39. The largest absolute Gasteiger partial charge is 0.383 e. The van der Waals surface area contributed by atoms with Gasteiger partial charge in [0.2, 0.25) is 5.95 Å². The van der Waals surface area contributed by atoms with Gasteiger partial charge in [-0.1, -0.05) is 23.7 Å². The minimum atomic E-state index is 0.412. The lowest BCUT2D eigenvalue weighted by molar-refractivity contribution is 0.0828. The van der Waals surface area contributed by atoms with Gasteiger partial charge < -0.3 is 25.1 Å². The van der Waals surface area contributed by atoms with Crippen molar-refractivity contribution < 1.29 is 0 Å². The molecule has 2 fully saturated rings. The van der Waals surface area contributed by atoms with Gasteiger partial charge >= 0.3 is 0 Å². The third kappa shape index (κ3) is 4.89. The van der Waals surface area contributed by atoms with E-state index in [2.05, 4.69) is 62.2 Å². The number of nitrogens with two attached hydrogens (primary N) is 1. The van der Waals surface area contributed by atoms with Gasteiger partial charge in [0.05, 0.1) is 16.4 Å². The highest BCUT2D eigenvalue weighted by molar-refractivity contribution is 6.32. The van der Waals surface area contributed by atoms with Gasteiger partial charge in [-0.05, 0) is 75.0 Å². The molecule has 42 heavy (non-hydrogen) atoms. The zero-order valence-electron chi connectivity index (χ0n) is 24.5. The van der Waals surface area contributed by atoms with E-state index in [0.29, 0.717) is 17.9 Å². The van der Waals surface area contributed by atoms with Gasteiger partial charge in [0.15, 0.2) is 0 Å². The summed E-state index contributed by atoms with van der Waals surface area (Å²) in [6.07, 6.45) is 8.57. The number of anilines is 3. The van der Waals surface area contributed by atoms with E-state index in [0.717, 1.165) is 68.3 Å². The number of benzene rings is 2. The molecule has 10 heteroatoms. The molecule has 4 heterocycles. The summed E-state index contributed by atoms with van der Waals surface area (Å²) in [5.41, 5.74) is 13.4. The lowest BCUT2D eigenvalue weighted by Gasteiger charge is -2.41. The Morgan fingerprint density at radius 3 is 2.38 bits per heavy atom. The molecule has 3 N–H and O–H groups in total. The Hall–Kier alpha value is -3.66. The molecule has 218 valence electrons. The molecular formula is C32H38ClN9. The number of aryl methyl sites for hydroxylation is 2. The molecule has 1 aliphatic carbocycles. The average molecular weight is 584 g/mol. The van der Waals surface area contributed by atoms with Crippen molar-refractivity contribution >= 4 is 51.1 Å². The number of hydrogen-bond acceptors (Lipinski definition) is 7. The van der Waals surface area contributed by atoms with Crippen molar-refractivity contribution in [2.24, 2.45) is 7.05 Å². The lowest BCUT2D eigenvalue weighted by atomic mass is 9.89. The van der Waals surface area contributed by atoms with E-state index in [1.165, 1.54) is 39.0 Å². The molecule has 0 amide bonds. The molecule has 2 aromatic carbocycles. The van der Waals surface area contributed by atoms with E-state index in [1.54, 1.807) is 6.33 Å². The fraction of sp³-hybridized carbons (Fsp3) is 0.406. The quantitative estimate of drug-likeness (QED) is 0.262. The van der Waals surface area contributed by atoms with Gasteiger partial charge in [0.1, 0.15) is 17.8 Å². The Morgan fingerprint density at radius 1 is 0.929 bits per heavy atom. The molecule has 2 aliphatic rings. The summed E-state index contributed by atoms with van der Waals surface area (Å²) >= 11 is 6.37. The molecule has 5 aromatic rings. The highest BCUT2D eigenvalue weighted by Crippen LogP contribution is 2.39. The maximum absolute atomic E-state index is 6.47. The molecule has 1 saturated heterocycles. The van der Waals surface area contributed by atoms with Gasteiger partial charge in [-0.2, -0.15) is 0 Å². The normalized spacial score (nSPS) is 20.5. The van der Waals surface area contributed by atoms with E-state index in [9.17, 15) is 0 Å². The fourth-order valence-corrected chi connectivity index (χ4v) is 6.94. The summed E-state index contributed by atoms with van der Waals surface area (Å²) in [6.45, 7) is 6.70. The van der Waals surface area contributed by atoms with E-state index in [4.69, 9.17) is 27.3 Å². The van der Waals surface area contributed by atoms with Gasteiger partial charge in [-0.15, -0.1) is 0 Å². The van der Waals surface area contributed by atoms with Crippen LogP contribution in [0.4, 0.5) is 17.5 Å². The first-order valence-corrected chi connectivity index (χ1v) is 15.3. The van der Waals surface area contributed by atoms with Crippen molar-refractivity contribution in [3.8, 4) is 11.1 Å². The van der Waals surface area contributed by atoms with Crippen LogP contribution in [0.3, 0.4) is 0 Å². The fourth-order valence-electron chi connectivity index (χ4n) is 6.79. The SMILES string of the molecule is Cc1cc2nc(Nc3ccc(-c4cn(C5CCC(N6CCN(C)CC6)CC5)c5ncnc(N)c45)cc3)n(C)c2cc1Cl. The van der Waals surface area contributed by atoms with Crippen molar-refractivity contribution in [3.63, 3.8) is 0 Å². The van der Waals surface area contributed by atoms with Gasteiger partial charge in [0, 0.05) is 67.8 Å². The number of nitrogen functional groups attached to an aromatic ring is 1. The number of nitrogens with zero attached hydrogens (tertiary/aromatic N) is 7. The number of aromatic nitrogens is 5. The number of rotatable bonds is 5.